The van der Waals surface area contributed by atoms with Gasteiger partial charge in [0.25, 0.3) is 0 Å². The highest BCUT2D eigenvalue weighted by atomic mass is 16.5. The maximum atomic E-state index is 12.4. The molecule has 7 nitrogen and oxygen atoms in total. The van der Waals surface area contributed by atoms with Crippen LogP contribution < -0.4 is 0 Å². The van der Waals surface area contributed by atoms with E-state index in [-0.39, 0.29) is 18.1 Å². The number of ether oxygens (including phenoxy) is 1. The highest BCUT2D eigenvalue weighted by molar-refractivity contribution is 5.78. The van der Waals surface area contributed by atoms with Gasteiger partial charge in [-0.3, -0.25) is 9.69 Å². The summed E-state index contributed by atoms with van der Waals surface area (Å²) < 4.78 is 11.4. The molecular formula is C15H24N4O3. The van der Waals surface area contributed by atoms with Gasteiger partial charge in [0, 0.05) is 33.1 Å². The fourth-order valence-corrected chi connectivity index (χ4v) is 3.18. The predicted molar refractivity (Wildman–Crippen MR) is 79.2 cm³/mol. The van der Waals surface area contributed by atoms with E-state index in [0.29, 0.717) is 24.9 Å². The van der Waals surface area contributed by atoms with Crippen molar-refractivity contribution >= 4 is 5.91 Å². The Bertz CT molecular complexity index is 513. The highest BCUT2D eigenvalue weighted by Gasteiger charge is 2.31. The topological polar surface area (TPSA) is 71.7 Å². The number of rotatable bonds is 3. The minimum absolute atomic E-state index is 0.0418. The molecule has 1 aromatic heterocycles. The second kappa shape index (κ2) is 6.75. The smallest absolute Gasteiger partial charge is 0.246 e. The van der Waals surface area contributed by atoms with E-state index in [1.807, 2.05) is 11.8 Å². The molecule has 7 heteroatoms. The van der Waals surface area contributed by atoms with Gasteiger partial charge in [0.15, 0.2) is 0 Å². The molecule has 22 heavy (non-hydrogen) atoms. The van der Waals surface area contributed by atoms with Gasteiger partial charge < -0.3 is 14.1 Å². The number of carbonyl (C=O) groups excluding carboxylic acids is 1. The first-order valence-corrected chi connectivity index (χ1v) is 8.07. The van der Waals surface area contributed by atoms with Crippen LogP contribution in [-0.4, -0.2) is 64.7 Å². The summed E-state index contributed by atoms with van der Waals surface area (Å²) in [6.07, 6.45) is 3.26. The maximum absolute atomic E-state index is 12.4. The SMILES string of the molecule is Cc1nnc([C@H]2CN(CC(=O)N3CCCCC3)C[C@@H](C)O2)o1. The Labute approximate surface area is 130 Å². The van der Waals surface area contributed by atoms with Crippen LogP contribution in [0.2, 0.25) is 0 Å². The largest absolute Gasteiger partial charge is 0.423 e. The molecule has 0 unspecified atom stereocenters. The normalized spacial score (nSPS) is 27.1. The van der Waals surface area contributed by atoms with Crippen molar-refractivity contribution in [3.05, 3.63) is 11.8 Å². The second-order valence-electron chi connectivity index (χ2n) is 6.23. The molecule has 3 heterocycles. The summed E-state index contributed by atoms with van der Waals surface area (Å²) in [6.45, 7) is 7.37. The molecule has 0 aliphatic carbocycles. The molecule has 2 atom stereocenters. The fraction of sp³-hybridized carbons (Fsp3) is 0.800. The average molecular weight is 308 g/mol. The minimum Gasteiger partial charge on any atom is -0.423 e. The van der Waals surface area contributed by atoms with E-state index in [0.717, 1.165) is 32.5 Å². The van der Waals surface area contributed by atoms with Crippen molar-refractivity contribution in [2.45, 2.75) is 45.3 Å². The summed E-state index contributed by atoms with van der Waals surface area (Å²) in [5, 5.41) is 7.90. The predicted octanol–water partition coefficient (Wildman–Crippen LogP) is 1.15. The third-order valence-corrected chi connectivity index (χ3v) is 4.22. The van der Waals surface area contributed by atoms with Crippen molar-refractivity contribution in [2.75, 3.05) is 32.7 Å². The highest BCUT2D eigenvalue weighted by Crippen LogP contribution is 2.24. The van der Waals surface area contributed by atoms with E-state index >= 15 is 0 Å². The van der Waals surface area contributed by atoms with Crippen LogP contribution in [0.5, 0.6) is 0 Å². The number of aromatic nitrogens is 2. The molecule has 1 amide bonds. The van der Waals surface area contributed by atoms with Crippen LogP contribution in [0, 0.1) is 6.92 Å². The van der Waals surface area contributed by atoms with E-state index in [1.54, 1.807) is 6.92 Å². The summed E-state index contributed by atoms with van der Waals surface area (Å²) in [5.41, 5.74) is 0. The Morgan fingerprint density at radius 3 is 2.68 bits per heavy atom. The number of morpholine rings is 1. The lowest BCUT2D eigenvalue weighted by molar-refractivity contribution is -0.138. The van der Waals surface area contributed by atoms with Gasteiger partial charge in [-0.15, -0.1) is 10.2 Å². The molecule has 0 aromatic carbocycles. The number of amides is 1. The van der Waals surface area contributed by atoms with Gasteiger partial charge in [-0.05, 0) is 26.2 Å². The van der Waals surface area contributed by atoms with Gasteiger partial charge in [-0.2, -0.15) is 0 Å². The molecule has 2 aliphatic heterocycles. The van der Waals surface area contributed by atoms with Crippen molar-refractivity contribution in [3.63, 3.8) is 0 Å². The zero-order valence-electron chi connectivity index (χ0n) is 13.3. The zero-order valence-corrected chi connectivity index (χ0v) is 13.3. The molecule has 2 aliphatic rings. The molecule has 0 saturated carbocycles. The van der Waals surface area contributed by atoms with Crippen LogP contribution in [-0.2, 0) is 9.53 Å². The molecular weight excluding hydrogens is 284 g/mol. The Morgan fingerprint density at radius 1 is 1.23 bits per heavy atom. The van der Waals surface area contributed by atoms with Crippen molar-refractivity contribution < 1.29 is 13.9 Å². The Balaban J connectivity index is 1.59. The van der Waals surface area contributed by atoms with Gasteiger partial charge in [0.05, 0.1) is 12.6 Å². The number of hydrogen-bond donors (Lipinski definition) is 0. The van der Waals surface area contributed by atoms with Crippen molar-refractivity contribution in [1.29, 1.82) is 0 Å². The minimum atomic E-state index is -0.251. The van der Waals surface area contributed by atoms with Crippen molar-refractivity contribution in [3.8, 4) is 0 Å². The summed E-state index contributed by atoms with van der Waals surface area (Å²) in [4.78, 5) is 16.5. The van der Waals surface area contributed by atoms with Gasteiger partial charge in [-0.25, -0.2) is 0 Å². The third-order valence-electron chi connectivity index (χ3n) is 4.22. The second-order valence-corrected chi connectivity index (χ2v) is 6.23. The lowest BCUT2D eigenvalue weighted by atomic mass is 10.1. The number of nitrogens with zero attached hydrogens (tertiary/aromatic N) is 4. The number of likely N-dealkylation sites (tertiary alicyclic amines) is 1. The van der Waals surface area contributed by atoms with Crippen LogP contribution in [0.1, 0.15) is 44.1 Å². The summed E-state index contributed by atoms with van der Waals surface area (Å²) in [6, 6.07) is 0. The van der Waals surface area contributed by atoms with Crippen LogP contribution >= 0.6 is 0 Å². The van der Waals surface area contributed by atoms with Gasteiger partial charge >= 0.3 is 0 Å². The molecule has 2 saturated heterocycles. The van der Waals surface area contributed by atoms with Crippen molar-refractivity contribution in [2.24, 2.45) is 0 Å². The zero-order chi connectivity index (χ0) is 15.5. The first-order valence-electron chi connectivity index (χ1n) is 8.07. The summed E-state index contributed by atoms with van der Waals surface area (Å²) in [7, 11) is 0. The monoisotopic (exact) mass is 308 g/mol. The van der Waals surface area contributed by atoms with Crippen LogP contribution in [0.15, 0.2) is 4.42 Å². The van der Waals surface area contributed by atoms with Gasteiger partial charge in [0.2, 0.25) is 17.7 Å². The first kappa shape index (κ1) is 15.4. The van der Waals surface area contributed by atoms with E-state index in [2.05, 4.69) is 15.1 Å². The van der Waals surface area contributed by atoms with E-state index < -0.39 is 0 Å². The standard InChI is InChI=1S/C15H24N4O3/c1-11-8-18(10-14(20)19-6-4-3-5-7-19)9-13(21-11)15-17-16-12(2)22-15/h11,13H,3-10H2,1-2H3/t11-,13-/m1/s1. The van der Waals surface area contributed by atoms with Crippen LogP contribution in [0.4, 0.5) is 0 Å². The Hall–Kier alpha value is -1.47. The lowest BCUT2D eigenvalue weighted by Gasteiger charge is -2.36. The Morgan fingerprint density at radius 2 is 2.00 bits per heavy atom. The maximum Gasteiger partial charge on any atom is 0.246 e. The third kappa shape index (κ3) is 3.64. The van der Waals surface area contributed by atoms with Gasteiger partial charge in [0.1, 0.15) is 6.10 Å². The molecule has 3 rings (SSSR count). The fourth-order valence-electron chi connectivity index (χ4n) is 3.18. The molecule has 0 N–H and O–H groups in total. The number of hydrogen-bond acceptors (Lipinski definition) is 6. The molecule has 0 bridgehead atoms. The van der Waals surface area contributed by atoms with E-state index in [9.17, 15) is 4.79 Å². The number of carbonyl (C=O) groups is 1. The molecule has 0 spiro atoms. The molecule has 122 valence electrons. The molecule has 2 fully saturated rings. The van der Waals surface area contributed by atoms with Crippen LogP contribution in [0.25, 0.3) is 0 Å². The van der Waals surface area contributed by atoms with Crippen molar-refractivity contribution in [1.82, 2.24) is 20.0 Å². The van der Waals surface area contributed by atoms with E-state index in [4.69, 9.17) is 9.15 Å². The average Bonchev–Trinajstić information content (AvgIpc) is 2.94. The van der Waals surface area contributed by atoms with E-state index in [1.165, 1.54) is 6.42 Å². The molecule has 0 radical (unpaired) electrons. The summed E-state index contributed by atoms with van der Waals surface area (Å²) >= 11 is 0. The van der Waals surface area contributed by atoms with Gasteiger partial charge in [-0.1, -0.05) is 0 Å². The summed E-state index contributed by atoms with van der Waals surface area (Å²) in [5.74, 6) is 1.25. The van der Waals surface area contributed by atoms with Crippen LogP contribution in [0.3, 0.4) is 0 Å². The Kier molecular flexibility index (Phi) is 4.73. The number of aryl methyl sites for hydroxylation is 1. The number of piperidine rings is 1. The molecule has 1 aromatic rings. The quantitative estimate of drug-likeness (QED) is 0.834. The first-order chi connectivity index (χ1) is 10.6. The lowest BCUT2D eigenvalue weighted by Crippen LogP contribution is -2.49.